The lowest BCUT2D eigenvalue weighted by molar-refractivity contribution is -0.138. The molecule has 3 amide bonds. The van der Waals surface area contributed by atoms with E-state index < -0.39 is 35.5 Å². The molecular formula is C14H10F3N3O3. The zero-order chi connectivity index (χ0) is 17.4. The van der Waals surface area contributed by atoms with E-state index in [0.29, 0.717) is 0 Å². The predicted molar refractivity (Wildman–Crippen MR) is 70.9 cm³/mol. The summed E-state index contributed by atoms with van der Waals surface area (Å²) < 4.78 is 39.6. The van der Waals surface area contributed by atoms with Crippen LogP contribution >= 0.6 is 0 Å². The van der Waals surface area contributed by atoms with E-state index in [2.05, 4.69) is 5.32 Å². The summed E-state index contributed by atoms with van der Waals surface area (Å²) in [6, 6.07) is 3.14. The number of hydrogen-bond donors (Lipinski definition) is 2. The number of carbonyl (C=O) groups excluding carboxylic acids is 1. The molecule has 1 heterocycles. The molecule has 1 aliphatic rings. The zero-order valence-corrected chi connectivity index (χ0v) is 11.7. The first-order valence-electron chi connectivity index (χ1n) is 6.28. The van der Waals surface area contributed by atoms with Gasteiger partial charge in [-0.05, 0) is 18.6 Å². The molecule has 1 atom stereocenters. The Morgan fingerprint density at radius 2 is 2.00 bits per heavy atom. The lowest BCUT2D eigenvalue weighted by atomic mass is 9.91. The van der Waals surface area contributed by atoms with Crippen LogP contribution in [0.25, 0.3) is 0 Å². The highest BCUT2D eigenvalue weighted by atomic mass is 19.4. The van der Waals surface area contributed by atoms with Crippen molar-refractivity contribution in [2.75, 3.05) is 0 Å². The highest BCUT2D eigenvalue weighted by molar-refractivity contribution is 5.93. The Morgan fingerprint density at radius 3 is 2.52 bits per heavy atom. The van der Waals surface area contributed by atoms with Crippen LogP contribution in [-0.4, -0.2) is 22.1 Å². The van der Waals surface area contributed by atoms with Crippen LogP contribution in [0.15, 0.2) is 35.5 Å². The highest BCUT2D eigenvalue weighted by Crippen LogP contribution is 2.40. The molecule has 2 N–H and O–H groups in total. The molecule has 2 rings (SSSR count). The molecule has 0 bridgehead atoms. The number of carboxylic acid groups (broad SMARTS) is 1. The molecule has 0 aromatic heterocycles. The summed E-state index contributed by atoms with van der Waals surface area (Å²) in [7, 11) is 0. The number of nitriles is 1. The molecule has 0 spiro atoms. The number of rotatable bonds is 1. The van der Waals surface area contributed by atoms with Gasteiger partial charge in [0.1, 0.15) is 6.04 Å². The number of alkyl halides is 3. The van der Waals surface area contributed by atoms with Gasteiger partial charge in [-0.3, -0.25) is 0 Å². The first-order chi connectivity index (χ1) is 10.7. The number of imide groups is 1. The highest BCUT2D eigenvalue weighted by Gasteiger charge is 2.43. The van der Waals surface area contributed by atoms with E-state index >= 15 is 0 Å². The van der Waals surface area contributed by atoms with E-state index in [9.17, 15) is 33.1 Å². The molecule has 0 radical (unpaired) electrons. The minimum absolute atomic E-state index is 0.0111. The molecule has 1 aromatic carbocycles. The molecule has 0 aliphatic carbocycles. The van der Waals surface area contributed by atoms with E-state index in [0.717, 1.165) is 18.2 Å². The van der Waals surface area contributed by atoms with Crippen LogP contribution in [0, 0.1) is 11.3 Å². The van der Waals surface area contributed by atoms with Gasteiger partial charge in [0.25, 0.3) is 0 Å². The molecule has 9 heteroatoms. The van der Waals surface area contributed by atoms with Gasteiger partial charge in [0, 0.05) is 5.70 Å². The average Bonchev–Trinajstić information content (AvgIpc) is 2.45. The summed E-state index contributed by atoms with van der Waals surface area (Å²) in [5.74, 6) is 0. The maximum Gasteiger partial charge on any atom is 0.416 e. The average molecular weight is 325 g/mol. The molecule has 0 saturated heterocycles. The third kappa shape index (κ3) is 2.83. The number of halogens is 3. The fraction of sp³-hybridized carbons (Fsp3) is 0.214. The van der Waals surface area contributed by atoms with Gasteiger partial charge < -0.3 is 10.4 Å². The number of benzene rings is 1. The van der Waals surface area contributed by atoms with Crippen LogP contribution in [0.2, 0.25) is 0 Å². The van der Waals surface area contributed by atoms with Crippen molar-refractivity contribution in [3.05, 3.63) is 46.7 Å². The summed E-state index contributed by atoms with van der Waals surface area (Å²) in [6.45, 7) is 1.32. The lowest BCUT2D eigenvalue weighted by Gasteiger charge is -2.34. The number of allylic oxidation sites excluding steroid dienone is 1. The molecular weight excluding hydrogens is 315 g/mol. The Balaban J connectivity index is 2.76. The minimum atomic E-state index is -4.76. The van der Waals surface area contributed by atoms with Crippen molar-refractivity contribution in [1.82, 2.24) is 10.2 Å². The summed E-state index contributed by atoms with van der Waals surface area (Å²) >= 11 is 0. The largest absolute Gasteiger partial charge is 0.465 e. The molecule has 1 aromatic rings. The van der Waals surface area contributed by atoms with E-state index in [1.54, 1.807) is 6.07 Å². The van der Waals surface area contributed by atoms with Crippen molar-refractivity contribution in [3.63, 3.8) is 0 Å². The van der Waals surface area contributed by atoms with Crippen molar-refractivity contribution < 1.29 is 27.9 Å². The maximum absolute atomic E-state index is 13.2. The number of carbonyl (C=O) groups is 2. The second kappa shape index (κ2) is 5.64. The Kier molecular flexibility index (Phi) is 4.01. The molecule has 1 aliphatic heterocycles. The fourth-order valence-corrected chi connectivity index (χ4v) is 2.37. The van der Waals surface area contributed by atoms with Gasteiger partial charge in [-0.15, -0.1) is 0 Å². The van der Waals surface area contributed by atoms with E-state index in [1.165, 1.54) is 13.0 Å². The minimum Gasteiger partial charge on any atom is -0.465 e. The Labute approximate surface area is 128 Å². The van der Waals surface area contributed by atoms with Crippen LogP contribution in [-0.2, 0) is 6.18 Å². The van der Waals surface area contributed by atoms with Crippen molar-refractivity contribution in [1.29, 1.82) is 5.26 Å². The molecule has 0 saturated carbocycles. The Hall–Kier alpha value is -3.02. The van der Waals surface area contributed by atoms with Crippen LogP contribution in [0.3, 0.4) is 0 Å². The molecule has 1 unspecified atom stereocenters. The number of hydrogen-bond acceptors (Lipinski definition) is 3. The number of urea groups is 1. The summed E-state index contributed by atoms with van der Waals surface area (Å²) in [5.41, 5.74) is -1.85. The quantitative estimate of drug-likeness (QED) is 0.829. The van der Waals surface area contributed by atoms with Crippen LogP contribution in [0.4, 0.5) is 22.8 Å². The second-order valence-corrected chi connectivity index (χ2v) is 4.72. The normalized spacial score (nSPS) is 18.5. The van der Waals surface area contributed by atoms with E-state index in [-0.39, 0.29) is 16.2 Å². The number of nitrogens with one attached hydrogen (secondary N) is 1. The van der Waals surface area contributed by atoms with E-state index in [4.69, 9.17) is 0 Å². The molecule has 120 valence electrons. The van der Waals surface area contributed by atoms with Crippen molar-refractivity contribution in [3.8, 4) is 6.07 Å². The molecule has 0 fully saturated rings. The zero-order valence-electron chi connectivity index (χ0n) is 11.7. The fourth-order valence-electron chi connectivity index (χ4n) is 2.37. The van der Waals surface area contributed by atoms with Crippen LogP contribution in [0.5, 0.6) is 0 Å². The van der Waals surface area contributed by atoms with Gasteiger partial charge in [0.2, 0.25) is 0 Å². The van der Waals surface area contributed by atoms with Gasteiger partial charge in [0.15, 0.2) is 0 Å². The number of nitrogens with zero attached hydrogens (tertiary/aromatic N) is 2. The van der Waals surface area contributed by atoms with Gasteiger partial charge >= 0.3 is 18.3 Å². The Bertz CT molecular complexity index is 750. The second-order valence-electron chi connectivity index (χ2n) is 4.72. The van der Waals surface area contributed by atoms with Crippen LogP contribution < -0.4 is 5.32 Å². The van der Waals surface area contributed by atoms with Gasteiger partial charge in [-0.25, -0.2) is 14.5 Å². The monoisotopic (exact) mass is 325 g/mol. The Morgan fingerprint density at radius 1 is 1.39 bits per heavy atom. The number of amides is 3. The van der Waals surface area contributed by atoms with Crippen molar-refractivity contribution >= 4 is 12.1 Å². The van der Waals surface area contributed by atoms with Crippen LogP contribution in [0.1, 0.15) is 24.1 Å². The van der Waals surface area contributed by atoms with Gasteiger partial charge in [-0.1, -0.05) is 18.2 Å². The van der Waals surface area contributed by atoms with Gasteiger partial charge in [-0.2, -0.15) is 18.4 Å². The van der Waals surface area contributed by atoms with E-state index in [1.807, 2.05) is 0 Å². The molecule has 6 nitrogen and oxygen atoms in total. The third-order valence-corrected chi connectivity index (χ3v) is 3.34. The topological polar surface area (TPSA) is 93.4 Å². The van der Waals surface area contributed by atoms with Crippen molar-refractivity contribution in [2.24, 2.45) is 0 Å². The smallest absolute Gasteiger partial charge is 0.416 e. The maximum atomic E-state index is 13.2. The predicted octanol–water partition coefficient (Wildman–Crippen LogP) is 3.25. The molecule has 23 heavy (non-hydrogen) atoms. The summed E-state index contributed by atoms with van der Waals surface area (Å²) in [6.07, 6.45) is -6.52. The lowest BCUT2D eigenvalue weighted by Crippen LogP contribution is -2.49. The third-order valence-electron chi connectivity index (χ3n) is 3.34. The SMILES string of the molecule is CC1=C(C#N)C(c2ccccc2C(F)(F)F)N(C(=O)O)C(=O)N1. The summed E-state index contributed by atoms with van der Waals surface area (Å²) in [4.78, 5) is 23.4. The first-order valence-corrected chi connectivity index (χ1v) is 6.28. The standard InChI is InChI=1S/C14H10F3N3O3/c1-7-9(6-18)11(20(13(22)23)12(21)19-7)8-4-2-3-5-10(8)14(15,16)17/h2-5,11H,1H3,(H,19,21)(H,22,23). The van der Waals surface area contributed by atoms with Crippen molar-refractivity contribution in [2.45, 2.75) is 19.1 Å². The van der Waals surface area contributed by atoms with Gasteiger partial charge in [0.05, 0.1) is 17.2 Å². The first kappa shape index (κ1) is 16.4. The summed E-state index contributed by atoms with van der Waals surface area (Å²) in [5, 5.41) is 20.5.